The molecule has 0 aliphatic heterocycles. The van der Waals surface area contributed by atoms with Crippen LogP contribution in [-0.4, -0.2) is 9.91 Å². The first-order chi connectivity index (χ1) is 8.16. The van der Waals surface area contributed by atoms with E-state index in [1.165, 1.54) is 18.7 Å². The average molecular weight is 237 g/mol. The fourth-order valence-corrected chi connectivity index (χ4v) is 1.32. The summed E-state index contributed by atoms with van der Waals surface area (Å²) in [6.07, 6.45) is 2.75. The topological polar surface area (TPSA) is 81.2 Å². The van der Waals surface area contributed by atoms with Crippen LogP contribution in [0.1, 0.15) is 5.76 Å². The summed E-state index contributed by atoms with van der Waals surface area (Å²) in [4.78, 5) is 13.8. The molecule has 2 rings (SSSR count). The van der Waals surface area contributed by atoms with Gasteiger partial charge in [-0.2, -0.15) is 0 Å². The molecule has 6 nitrogen and oxygen atoms in total. The molecule has 0 radical (unpaired) electrons. The zero-order chi connectivity index (χ0) is 12.3. The molecule has 0 spiro atoms. The molecule has 1 aromatic carbocycles. The normalized spacial score (nSPS) is 10.2. The monoisotopic (exact) mass is 237 g/mol. The Labute approximate surface area is 95.2 Å². The predicted molar refractivity (Wildman–Crippen MR) is 56.9 cm³/mol. The molecule has 1 N–H and O–H groups in total. The average Bonchev–Trinajstić information content (AvgIpc) is 2.80. The second-order valence-electron chi connectivity index (χ2n) is 3.24. The first-order valence-corrected chi connectivity index (χ1v) is 4.72. The van der Waals surface area contributed by atoms with Crippen LogP contribution >= 0.6 is 0 Å². The van der Waals surface area contributed by atoms with E-state index in [1.807, 2.05) is 0 Å². The van der Waals surface area contributed by atoms with E-state index in [9.17, 15) is 14.5 Å². The van der Waals surface area contributed by atoms with Crippen molar-refractivity contribution < 1.29 is 13.7 Å². The lowest BCUT2D eigenvalue weighted by molar-refractivity contribution is -0.384. The van der Waals surface area contributed by atoms with Crippen molar-refractivity contribution in [1.29, 1.82) is 0 Å². The van der Waals surface area contributed by atoms with E-state index in [0.717, 1.165) is 12.1 Å². The first-order valence-electron chi connectivity index (χ1n) is 4.72. The lowest BCUT2D eigenvalue weighted by Crippen LogP contribution is -2.02. The first kappa shape index (κ1) is 11.1. The number of rotatable bonds is 4. The zero-order valence-corrected chi connectivity index (χ0v) is 8.59. The Bertz CT molecular complexity index is 528. The molecule has 88 valence electrons. The molecule has 2 aromatic rings. The summed E-state index contributed by atoms with van der Waals surface area (Å²) >= 11 is 0. The van der Waals surface area contributed by atoms with Crippen LogP contribution in [0.3, 0.4) is 0 Å². The SMILES string of the molecule is O=[N+]([O-])c1cc(F)ccc1NCc1cnco1. The molecule has 0 unspecified atom stereocenters. The van der Waals surface area contributed by atoms with E-state index in [1.54, 1.807) is 0 Å². The van der Waals surface area contributed by atoms with Gasteiger partial charge in [0.05, 0.1) is 23.7 Å². The molecule has 1 aromatic heterocycles. The molecule has 0 atom stereocenters. The summed E-state index contributed by atoms with van der Waals surface area (Å²) in [5.74, 6) is -0.120. The fraction of sp³-hybridized carbons (Fsp3) is 0.100. The van der Waals surface area contributed by atoms with E-state index in [2.05, 4.69) is 10.3 Å². The van der Waals surface area contributed by atoms with Crippen LogP contribution in [0.5, 0.6) is 0 Å². The van der Waals surface area contributed by atoms with Gasteiger partial charge in [0.15, 0.2) is 6.39 Å². The third-order valence-electron chi connectivity index (χ3n) is 2.09. The minimum atomic E-state index is -0.651. The van der Waals surface area contributed by atoms with Crippen LogP contribution in [0.25, 0.3) is 0 Å². The van der Waals surface area contributed by atoms with Crippen LogP contribution in [0, 0.1) is 15.9 Å². The van der Waals surface area contributed by atoms with Gasteiger partial charge in [0.25, 0.3) is 5.69 Å². The van der Waals surface area contributed by atoms with E-state index in [0.29, 0.717) is 5.76 Å². The number of hydrogen-bond donors (Lipinski definition) is 1. The van der Waals surface area contributed by atoms with E-state index in [-0.39, 0.29) is 17.9 Å². The maximum Gasteiger partial charge on any atom is 0.295 e. The molecule has 0 bridgehead atoms. The number of halogens is 1. The van der Waals surface area contributed by atoms with E-state index in [4.69, 9.17) is 4.42 Å². The molecule has 0 aliphatic carbocycles. The Hall–Kier alpha value is -2.44. The molecule has 0 aliphatic rings. The molecule has 0 saturated carbocycles. The number of hydrogen-bond acceptors (Lipinski definition) is 5. The van der Waals surface area contributed by atoms with Gasteiger partial charge in [-0.1, -0.05) is 0 Å². The molecule has 7 heteroatoms. The van der Waals surface area contributed by atoms with Crippen LogP contribution in [-0.2, 0) is 6.54 Å². The van der Waals surface area contributed by atoms with Gasteiger partial charge >= 0.3 is 0 Å². The van der Waals surface area contributed by atoms with E-state index < -0.39 is 10.7 Å². The van der Waals surface area contributed by atoms with Crippen molar-refractivity contribution in [2.75, 3.05) is 5.32 Å². The standard InChI is InChI=1S/C10H8FN3O3/c11-7-1-2-9(10(3-7)14(15)16)13-5-8-4-12-6-17-8/h1-4,6,13H,5H2. The number of aromatic nitrogens is 1. The van der Waals surface area contributed by atoms with Crippen LogP contribution in [0.4, 0.5) is 15.8 Å². The summed E-state index contributed by atoms with van der Waals surface area (Å²) in [5, 5.41) is 13.5. The highest BCUT2D eigenvalue weighted by Gasteiger charge is 2.14. The summed E-state index contributed by atoms with van der Waals surface area (Å²) < 4.78 is 17.8. The lowest BCUT2D eigenvalue weighted by atomic mass is 10.2. The smallest absolute Gasteiger partial charge is 0.295 e. The Balaban J connectivity index is 2.17. The van der Waals surface area contributed by atoms with Crippen molar-refractivity contribution in [3.05, 3.63) is 52.5 Å². The van der Waals surface area contributed by atoms with Crippen molar-refractivity contribution in [1.82, 2.24) is 4.98 Å². The lowest BCUT2D eigenvalue weighted by Gasteiger charge is -2.04. The van der Waals surface area contributed by atoms with Gasteiger partial charge in [-0.15, -0.1) is 0 Å². The minimum Gasteiger partial charge on any atom is -0.447 e. The van der Waals surface area contributed by atoms with Gasteiger partial charge in [-0.3, -0.25) is 10.1 Å². The summed E-state index contributed by atoms with van der Waals surface area (Å²) in [6, 6.07) is 3.32. The fourth-order valence-electron chi connectivity index (χ4n) is 1.32. The highest BCUT2D eigenvalue weighted by molar-refractivity contribution is 5.61. The number of oxazole rings is 1. The van der Waals surface area contributed by atoms with E-state index >= 15 is 0 Å². The second kappa shape index (κ2) is 4.60. The van der Waals surface area contributed by atoms with Crippen LogP contribution < -0.4 is 5.32 Å². The summed E-state index contributed by atoms with van der Waals surface area (Å²) in [5.41, 5.74) is -0.0858. The maximum atomic E-state index is 12.9. The van der Waals surface area contributed by atoms with Crippen molar-refractivity contribution in [3.8, 4) is 0 Å². The number of anilines is 1. The van der Waals surface area contributed by atoms with Crippen molar-refractivity contribution in [2.24, 2.45) is 0 Å². The van der Waals surface area contributed by atoms with Crippen molar-refractivity contribution >= 4 is 11.4 Å². The number of benzene rings is 1. The number of nitro benzene ring substituents is 1. The van der Waals surface area contributed by atoms with Crippen molar-refractivity contribution in [3.63, 3.8) is 0 Å². The Morgan fingerprint density at radius 1 is 1.53 bits per heavy atom. The molecular formula is C10H8FN3O3. The number of nitrogens with one attached hydrogen (secondary N) is 1. The number of nitro groups is 1. The molecule has 0 fully saturated rings. The largest absolute Gasteiger partial charge is 0.447 e. The molecule has 17 heavy (non-hydrogen) atoms. The van der Waals surface area contributed by atoms with Gasteiger partial charge in [0, 0.05) is 0 Å². The maximum absolute atomic E-state index is 12.9. The summed E-state index contributed by atoms with van der Waals surface area (Å²) in [7, 11) is 0. The van der Waals surface area contributed by atoms with Gasteiger partial charge in [-0.05, 0) is 12.1 Å². The Morgan fingerprint density at radius 2 is 2.35 bits per heavy atom. The third-order valence-corrected chi connectivity index (χ3v) is 2.09. The van der Waals surface area contributed by atoms with Gasteiger partial charge in [0.2, 0.25) is 0 Å². The Morgan fingerprint density at radius 3 is 3.00 bits per heavy atom. The van der Waals surface area contributed by atoms with Gasteiger partial charge in [0.1, 0.15) is 17.3 Å². The van der Waals surface area contributed by atoms with Gasteiger partial charge < -0.3 is 9.73 Å². The second-order valence-corrected chi connectivity index (χ2v) is 3.24. The molecule has 0 saturated heterocycles. The third kappa shape index (κ3) is 2.57. The zero-order valence-electron chi connectivity index (χ0n) is 8.59. The molecule has 1 heterocycles. The molecular weight excluding hydrogens is 229 g/mol. The summed E-state index contributed by atoms with van der Waals surface area (Å²) in [6.45, 7) is 0.243. The number of nitrogens with zero attached hydrogens (tertiary/aromatic N) is 2. The highest BCUT2D eigenvalue weighted by Crippen LogP contribution is 2.25. The quantitative estimate of drug-likeness (QED) is 0.651. The van der Waals surface area contributed by atoms with Crippen molar-refractivity contribution in [2.45, 2.75) is 6.54 Å². The van der Waals surface area contributed by atoms with Crippen LogP contribution in [0.15, 0.2) is 35.2 Å². The predicted octanol–water partition coefficient (Wildman–Crippen LogP) is 2.33. The minimum absolute atomic E-state index is 0.229. The van der Waals surface area contributed by atoms with Gasteiger partial charge in [-0.25, -0.2) is 9.37 Å². The van der Waals surface area contributed by atoms with Crippen LogP contribution in [0.2, 0.25) is 0 Å². The Kier molecular flexibility index (Phi) is 2.99. The molecule has 0 amide bonds. The highest BCUT2D eigenvalue weighted by atomic mass is 19.1.